The molecule has 0 saturated carbocycles. The van der Waals surface area contributed by atoms with Gasteiger partial charge in [0.05, 0.1) is 6.61 Å². The summed E-state index contributed by atoms with van der Waals surface area (Å²) in [5.41, 5.74) is 0.902. The summed E-state index contributed by atoms with van der Waals surface area (Å²) in [5.74, 6) is 6.88. The van der Waals surface area contributed by atoms with Crippen molar-refractivity contribution in [2.75, 3.05) is 12.9 Å². The molecule has 0 aliphatic heterocycles. The summed E-state index contributed by atoms with van der Waals surface area (Å²) in [6, 6.07) is 7.39. The van der Waals surface area contributed by atoms with Gasteiger partial charge in [0.15, 0.2) is 0 Å². The number of aliphatic hydroxyl groups excluding tert-OH is 1. The Balaban J connectivity index is 2.17. The highest BCUT2D eigenvalue weighted by atomic mass is 79.9. The zero-order chi connectivity index (χ0) is 15.1. The molecule has 4 nitrogen and oxygen atoms in total. The van der Waals surface area contributed by atoms with Crippen molar-refractivity contribution in [3.63, 3.8) is 0 Å². The lowest BCUT2D eigenvalue weighted by molar-refractivity contribution is 0.249. The fourth-order valence-electron chi connectivity index (χ4n) is 1.75. The van der Waals surface area contributed by atoms with E-state index in [4.69, 9.17) is 4.18 Å². The van der Waals surface area contributed by atoms with Crippen LogP contribution in [-0.2, 0) is 10.8 Å². The van der Waals surface area contributed by atoms with E-state index in [0.717, 1.165) is 15.9 Å². The lowest BCUT2D eigenvalue weighted by Gasteiger charge is -2.12. The van der Waals surface area contributed by atoms with E-state index in [1.165, 1.54) is 12.0 Å². The topological polar surface area (TPSA) is 47.3 Å². The third-order valence-electron chi connectivity index (χ3n) is 2.79. The fourth-order valence-corrected chi connectivity index (χ4v) is 2.24. The second-order valence-electron chi connectivity index (χ2n) is 4.15. The van der Waals surface area contributed by atoms with Crippen molar-refractivity contribution in [1.29, 1.82) is 0 Å². The first-order valence-electron chi connectivity index (χ1n) is 6.30. The quantitative estimate of drug-likeness (QED) is 0.652. The van der Waals surface area contributed by atoms with Gasteiger partial charge in [-0.05, 0) is 36.3 Å². The molecule has 1 unspecified atom stereocenters. The Morgan fingerprint density at radius 2 is 2.19 bits per heavy atom. The van der Waals surface area contributed by atoms with Crippen molar-refractivity contribution in [2.45, 2.75) is 12.6 Å². The Bertz CT molecular complexity index is 631. The van der Waals surface area contributed by atoms with Crippen LogP contribution in [0.15, 0.2) is 41.1 Å². The molecule has 0 amide bonds. The summed E-state index contributed by atoms with van der Waals surface area (Å²) >= 11 is 4.67. The van der Waals surface area contributed by atoms with Gasteiger partial charge in [-0.15, -0.1) is 0 Å². The van der Waals surface area contributed by atoms with Crippen LogP contribution in [0.4, 0.5) is 0 Å². The first-order chi connectivity index (χ1) is 10.2. The number of aliphatic hydroxyl groups is 1. The van der Waals surface area contributed by atoms with Crippen LogP contribution in [0.3, 0.4) is 0 Å². The maximum Gasteiger partial charge on any atom is 0.137 e. The molecule has 2 aromatic rings. The maximum atomic E-state index is 9.57. The molecular weight excluding hydrogens is 352 g/mol. The number of imidazole rings is 1. The Morgan fingerprint density at radius 1 is 1.43 bits per heavy atom. The van der Waals surface area contributed by atoms with E-state index in [0.29, 0.717) is 6.61 Å². The highest BCUT2D eigenvalue weighted by Gasteiger charge is 2.11. The number of rotatable bonds is 5. The van der Waals surface area contributed by atoms with Gasteiger partial charge in [-0.1, -0.05) is 27.8 Å². The van der Waals surface area contributed by atoms with Crippen molar-refractivity contribution in [3.8, 4) is 11.8 Å². The molecule has 0 aliphatic rings. The van der Waals surface area contributed by atoms with Gasteiger partial charge in [0.2, 0.25) is 0 Å². The Kier molecular flexibility index (Phi) is 6.33. The van der Waals surface area contributed by atoms with E-state index in [-0.39, 0.29) is 12.6 Å². The SMILES string of the molecule is CSOCc1nccn1C(C#Cc1ccc(Br)cc1)CO. The molecule has 0 saturated heterocycles. The van der Waals surface area contributed by atoms with Crippen LogP contribution in [-0.4, -0.2) is 27.5 Å². The Labute approximate surface area is 136 Å². The maximum absolute atomic E-state index is 9.57. The molecule has 1 aromatic carbocycles. The molecule has 1 N–H and O–H groups in total. The lowest BCUT2D eigenvalue weighted by atomic mass is 10.2. The fraction of sp³-hybridized carbons (Fsp3) is 0.267. The average Bonchev–Trinajstić information content (AvgIpc) is 2.96. The number of benzene rings is 1. The predicted octanol–water partition coefficient (Wildman–Crippen LogP) is 3.03. The van der Waals surface area contributed by atoms with Gasteiger partial charge in [-0.25, -0.2) is 4.98 Å². The molecule has 0 spiro atoms. The minimum absolute atomic E-state index is 0.0772. The zero-order valence-corrected chi connectivity index (χ0v) is 13.9. The van der Waals surface area contributed by atoms with Crippen LogP contribution in [0, 0.1) is 11.8 Å². The summed E-state index contributed by atoms with van der Waals surface area (Å²) in [7, 11) is 0. The summed E-state index contributed by atoms with van der Waals surface area (Å²) < 4.78 is 8.13. The molecule has 0 radical (unpaired) electrons. The molecule has 1 aromatic heterocycles. The van der Waals surface area contributed by atoms with Gasteiger partial charge in [-0.3, -0.25) is 0 Å². The average molecular weight is 367 g/mol. The van der Waals surface area contributed by atoms with Gasteiger partial charge >= 0.3 is 0 Å². The van der Waals surface area contributed by atoms with Gasteiger partial charge in [0, 0.05) is 28.7 Å². The largest absolute Gasteiger partial charge is 0.393 e. The summed E-state index contributed by atoms with van der Waals surface area (Å²) in [5, 5.41) is 9.57. The van der Waals surface area contributed by atoms with Crippen molar-refractivity contribution in [2.24, 2.45) is 0 Å². The second-order valence-corrected chi connectivity index (χ2v) is 5.64. The first-order valence-corrected chi connectivity index (χ1v) is 8.24. The van der Waals surface area contributed by atoms with Crippen LogP contribution >= 0.6 is 28.0 Å². The third-order valence-corrected chi connectivity index (χ3v) is 3.67. The molecule has 0 fully saturated rings. The van der Waals surface area contributed by atoms with Gasteiger partial charge in [0.25, 0.3) is 0 Å². The van der Waals surface area contributed by atoms with Crippen molar-refractivity contribution < 1.29 is 9.29 Å². The molecule has 6 heteroatoms. The van der Waals surface area contributed by atoms with Crippen LogP contribution in [0.25, 0.3) is 0 Å². The third kappa shape index (κ3) is 4.61. The Morgan fingerprint density at radius 3 is 2.86 bits per heavy atom. The van der Waals surface area contributed by atoms with Crippen LogP contribution in [0.2, 0.25) is 0 Å². The van der Waals surface area contributed by atoms with E-state index in [2.05, 4.69) is 32.8 Å². The van der Waals surface area contributed by atoms with E-state index >= 15 is 0 Å². The minimum atomic E-state index is -0.336. The number of hydrogen-bond acceptors (Lipinski definition) is 4. The first kappa shape index (κ1) is 16.1. The Hall–Kier alpha value is -1.26. The van der Waals surface area contributed by atoms with E-state index in [9.17, 15) is 5.11 Å². The molecule has 2 rings (SSSR count). The van der Waals surface area contributed by atoms with Crippen LogP contribution < -0.4 is 0 Å². The zero-order valence-electron chi connectivity index (χ0n) is 11.5. The normalized spacial score (nSPS) is 11.8. The second kappa shape index (κ2) is 8.25. The summed E-state index contributed by atoms with van der Waals surface area (Å²) in [4.78, 5) is 4.23. The van der Waals surface area contributed by atoms with Crippen molar-refractivity contribution in [3.05, 3.63) is 52.5 Å². The van der Waals surface area contributed by atoms with E-state index in [1.807, 2.05) is 35.1 Å². The van der Waals surface area contributed by atoms with E-state index in [1.54, 1.807) is 12.4 Å². The number of hydrogen-bond donors (Lipinski definition) is 1. The number of nitrogens with zero attached hydrogens (tertiary/aromatic N) is 2. The molecule has 1 heterocycles. The molecule has 110 valence electrons. The summed E-state index contributed by atoms with van der Waals surface area (Å²) in [6.45, 7) is 0.302. The monoisotopic (exact) mass is 366 g/mol. The molecular formula is C15H15BrN2O2S. The number of halogens is 1. The molecule has 0 bridgehead atoms. The number of aromatic nitrogens is 2. The van der Waals surface area contributed by atoms with Gasteiger partial charge < -0.3 is 13.9 Å². The predicted molar refractivity (Wildman–Crippen MR) is 87.7 cm³/mol. The van der Waals surface area contributed by atoms with Gasteiger partial charge in [-0.2, -0.15) is 0 Å². The van der Waals surface area contributed by atoms with Gasteiger partial charge in [0.1, 0.15) is 18.5 Å². The van der Waals surface area contributed by atoms with E-state index < -0.39 is 0 Å². The summed E-state index contributed by atoms with van der Waals surface area (Å²) in [6.07, 6.45) is 5.34. The highest BCUT2D eigenvalue weighted by Crippen LogP contribution is 2.13. The van der Waals surface area contributed by atoms with Crippen LogP contribution in [0.5, 0.6) is 0 Å². The lowest BCUT2D eigenvalue weighted by Crippen LogP contribution is -2.14. The molecule has 21 heavy (non-hydrogen) atoms. The highest BCUT2D eigenvalue weighted by molar-refractivity contribution is 9.10. The van der Waals surface area contributed by atoms with Crippen molar-refractivity contribution in [1.82, 2.24) is 9.55 Å². The molecule has 1 atom stereocenters. The van der Waals surface area contributed by atoms with Crippen molar-refractivity contribution >= 4 is 28.0 Å². The standard InChI is InChI=1S/C15H15BrN2O2S/c1-21-20-11-15-17-8-9-18(15)14(10-19)7-4-12-2-5-13(16)6-3-12/h2-3,5-6,8-9,14,19H,10-11H2,1H3. The van der Waals surface area contributed by atoms with Crippen LogP contribution in [0.1, 0.15) is 17.4 Å². The smallest absolute Gasteiger partial charge is 0.137 e. The minimum Gasteiger partial charge on any atom is -0.393 e. The molecule has 0 aliphatic carbocycles.